The number of carboxylic acid groups (broad SMARTS) is 1. The van der Waals surface area contributed by atoms with Gasteiger partial charge in [-0.05, 0) is 23.8 Å². The van der Waals surface area contributed by atoms with Crippen molar-refractivity contribution >= 4 is 11.8 Å². The molecule has 0 saturated carbocycles. The molecule has 0 aliphatic carbocycles. The molecule has 0 atom stereocenters. The molecule has 1 aromatic heterocycles. The van der Waals surface area contributed by atoms with Crippen LogP contribution in [0.15, 0.2) is 36.5 Å². The van der Waals surface area contributed by atoms with Gasteiger partial charge in [-0.25, -0.2) is 14.2 Å². The van der Waals surface area contributed by atoms with Crippen molar-refractivity contribution in [2.45, 2.75) is 6.54 Å². The maximum Gasteiger partial charge on any atom is 0.338 e. The molecule has 0 amide bonds. The Morgan fingerprint density at radius 2 is 2.25 bits per heavy atom. The molecule has 5 nitrogen and oxygen atoms in total. The average molecular weight is 276 g/mol. The van der Waals surface area contributed by atoms with Crippen LogP contribution in [0, 0.1) is 5.82 Å². The van der Waals surface area contributed by atoms with E-state index in [2.05, 4.69) is 10.3 Å². The van der Waals surface area contributed by atoms with E-state index in [9.17, 15) is 9.18 Å². The number of nitrogens with one attached hydrogen (secondary N) is 1. The second-order valence-corrected chi connectivity index (χ2v) is 4.03. The van der Waals surface area contributed by atoms with E-state index in [-0.39, 0.29) is 5.82 Å². The van der Waals surface area contributed by atoms with Crippen LogP contribution >= 0.6 is 0 Å². The highest BCUT2D eigenvalue weighted by atomic mass is 19.1. The van der Waals surface area contributed by atoms with Crippen molar-refractivity contribution in [2.75, 3.05) is 12.4 Å². The molecule has 2 N–H and O–H groups in total. The van der Waals surface area contributed by atoms with E-state index in [0.717, 1.165) is 11.6 Å². The van der Waals surface area contributed by atoms with E-state index < -0.39 is 17.3 Å². The number of pyridine rings is 1. The number of halogens is 1. The zero-order valence-electron chi connectivity index (χ0n) is 10.8. The second-order valence-electron chi connectivity index (χ2n) is 4.03. The summed E-state index contributed by atoms with van der Waals surface area (Å²) < 4.78 is 18.9. The smallest absolute Gasteiger partial charge is 0.338 e. The van der Waals surface area contributed by atoms with Crippen molar-refractivity contribution in [1.29, 1.82) is 0 Å². The SMILES string of the molecule is COc1cccc(CNc2nccc(C(=O)O)c2F)c1. The third-order valence-corrected chi connectivity index (χ3v) is 2.71. The fourth-order valence-electron chi connectivity index (χ4n) is 1.70. The first kappa shape index (κ1) is 13.8. The van der Waals surface area contributed by atoms with Crippen LogP contribution in [-0.2, 0) is 6.54 Å². The Morgan fingerprint density at radius 1 is 1.45 bits per heavy atom. The summed E-state index contributed by atoms with van der Waals surface area (Å²) in [6, 6.07) is 8.37. The van der Waals surface area contributed by atoms with Crippen LogP contribution in [0.2, 0.25) is 0 Å². The van der Waals surface area contributed by atoms with Gasteiger partial charge in [-0.3, -0.25) is 0 Å². The van der Waals surface area contributed by atoms with Crippen molar-refractivity contribution in [3.8, 4) is 5.75 Å². The van der Waals surface area contributed by atoms with E-state index in [1.165, 1.54) is 6.20 Å². The summed E-state index contributed by atoms with van der Waals surface area (Å²) >= 11 is 0. The summed E-state index contributed by atoms with van der Waals surface area (Å²) in [6.07, 6.45) is 1.25. The van der Waals surface area contributed by atoms with E-state index >= 15 is 0 Å². The minimum Gasteiger partial charge on any atom is -0.497 e. The highest BCUT2D eigenvalue weighted by Crippen LogP contribution is 2.17. The van der Waals surface area contributed by atoms with Crippen LogP contribution in [-0.4, -0.2) is 23.2 Å². The van der Waals surface area contributed by atoms with Gasteiger partial charge in [0, 0.05) is 12.7 Å². The molecule has 6 heteroatoms. The van der Waals surface area contributed by atoms with Gasteiger partial charge in [-0.2, -0.15) is 0 Å². The van der Waals surface area contributed by atoms with E-state index in [4.69, 9.17) is 9.84 Å². The Morgan fingerprint density at radius 3 is 2.95 bits per heavy atom. The third kappa shape index (κ3) is 3.03. The lowest BCUT2D eigenvalue weighted by Gasteiger charge is -2.09. The molecule has 1 heterocycles. The maximum absolute atomic E-state index is 13.8. The molecule has 104 valence electrons. The minimum atomic E-state index is -1.32. The number of carbonyl (C=O) groups is 1. The summed E-state index contributed by atoms with van der Waals surface area (Å²) in [6.45, 7) is 0.310. The zero-order valence-corrected chi connectivity index (χ0v) is 10.8. The number of aromatic carboxylic acids is 1. The summed E-state index contributed by atoms with van der Waals surface area (Å²) in [5.74, 6) is -1.60. The summed E-state index contributed by atoms with van der Waals surface area (Å²) in [7, 11) is 1.56. The molecule has 2 aromatic rings. The summed E-state index contributed by atoms with van der Waals surface area (Å²) in [5.41, 5.74) is 0.458. The highest BCUT2D eigenvalue weighted by Gasteiger charge is 2.14. The molecule has 0 spiro atoms. The van der Waals surface area contributed by atoms with Gasteiger partial charge in [0.1, 0.15) is 11.3 Å². The molecule has 20 heavy (non-hydrogen) atoms. The van der Waals surface area contributed by atoms with Gasteiger partial charge in [0.05, 0.1) is 7.11 Å². The predicted octanol–water partition coefficient (Wildman–Crippen LogP) is 2.54. The number of carboxylic acids is 1. The lowest BCUT2D eigenvalue weighted by atomic mass is 10.2. The zero-order chi connectivity index (χ0) is 14.5. The molecular formula is C14H13FN2O3. The maximum atomic E-state index is 13.8. The van der Waals surface area contributed by atoms with Gasteiger partial charge in [0.15, 0.2) is 11.6 Å². The number of hydrogen-bond acceptors (Lipinski definition) is 4. The van der Waals surface area contributed by atoms with E-state index in [1.54, 1.807) is 19.2 Å². The molecular weight excluding hydrogens is 263 g/mol. The summed E-state index contributed by atoms with van der Waals surface area (Å²) in [5, 5.41) is 11.6. The second kappa shape index (κ2) is 6.01. The molecule has 0 unspecified atom stereocenters. The molecule has 0 aliphatic rings. The van der Waals surface area contributed by atoms with E-state index in [1.807, 2.05) is 12.1 Å². The quantitative estimate of drug-likeness (QED) is 0.878. The normalized spacial score (nSPS) is 10.1. The number of aromatic nitrogens is 1. The molecule has 0 bridgehead atoms. The topological polar surface area (TPSA) is 71.5 Å². The number of benzene rings is 1. The van der Waals surface area contributed by atoms with Gasteiger partial charge in [0.2, 0.25) is 0 Å². The standard InChI is InChI=1S/C14H13FN2O3/c1-20-10-4-2-3-9(7-10)8-17-13-12(15)11(14(18)19)5-6-16-13/h2-7H,8H2,1H3,(H,16,17)(H,18,19). The van der Waals surface area contributed by atoms with Gasteiger partial charge in [-0.15, -0.1) is 0 Å². The van der Waals surface area contributed by atoms with Crippen LogP contribution in [0.25, 0.3) is 0 Å². The average Bonchev–Trinajstić information content (AvgIpc) is 2.46. The molecule has 0 aliphatic heterocycles. The first-order valence-corrected chi connectivity index (χ1v) is 5.86. The van der Waals surface area contributed by atoms with Crippen LogP contribution in [0.3, 0.4) is 0 Å². The lowest BCUT2D eigenvalue weighted by Crippen LogP contribution is -2.08. The molecule has 0 fully saturated rings. The number of nitrogens with zero attached hydrogens (tertiary/aromatic N) is 1. The fourth-order valence-corrected chi connectivity index (χ4v) is 1.70. The first-order chi connectivity index (χ1) is 9.61. The monoisotopic (exact) mass is 276 g/mol. The van der Waals surface area contributed by atoms with Crippen LogP contribution < -0.4 is 10.1 Å². The molecule has 2 rings (SSSR count). The number of ether oxygens (including phenoxy) is 1. The van der Waals surface area contributed by atoms with Gasteiger partial charge < -0.3 is 15.2 Å². The number of hydrogen-bond donors (Lipinski definition) is 2. The number of anilines is 1. The minimum absolute atomic E-state index is 0.0901. The Labute approximate surface area is 115 Å². The van der Waals surface area contributed by atoms with Gasteiger partial charge >= 0.3 is 5.97 Å². The molecule has 0 radical (unpaired) electrons. The van der Waals surface area contributed by atoms with Crippen molar-refractivity contribution in [2.24, 2.45) is 0 Å². The van der Waals surface area contributed by atoms with Crippen molar-refractivity contribution in [1.82, 2.24) is 4.98 Å². The van der Waals surface area contributed by atoms with Crippen molar-refractivity contribution < 1.29 is 19.0 Å². The number of methoxy groups -OCH3 is 1. The largest absolute Gasteiger partial charge is 0.497 e. The van der Waals surface area contributed by atoms with Crippen LogP contribution in [0.4, 0.5) is 10.2 Å². The predicted molar refractivity (Wildman–Crippen MR) is 71.5 cm³/mol. The van der Waals surface area contributed by atoms with Crippen molar-refractivity contribution in [3.05, 3.63) is 53.5 Å². The van der Waals surface area contributed by atoms with Crippen LogP contribution in [0.5, 0.6) is 5.75 Å². The Balaban J connectivity index is 2.14. The molecule has 1 aromatic carbocycles. The van der Waals surface area contributed by atoms with Gasteiger partial charge in [0.25, 0.3) is 0 Å². The van der Waals surface area contributed by atoms with E-state index in [0.29, 0.717) is 12.3 Å². The fraction of sp³-hybridized carbons (Fsp3) is 0.143. The third-order valence-electron chi connectivity index (χ3n) is 2.71. The van der Waals surface area contributed by atoms with Crippen LogP contribution in [0.1, 0.15) is 15.9 Å². The first-order valence-electron chi connectivity index (χ1n) is 5.86. The Bertz CT molecular complexity index is 632. The van der Waals surface area contributed by atoms with Crippen molar-refractivity contribution in [3.63, 3.8) is 0 Å². The Kier molecular flexibility index (Phi) is 4.14. The lowest BCUT2D eigenvalue weighted by molar-refractivity contribution is 0.0692. The van der Waals surface area contributed by atoms with Gasteiger partial charge in [-0.1, -0.05) is 12.1 Å². The number of rotatable bonds is 5. The Hall–Kier alpha value is -2.63. The summed E-state index contributed by atoms with van der Waals surface area (Å²) in [4.78, 5) is 14.6. The highest BCUT2D eigenvalue weighted by molar-refractivity contribution is 5.88. The molecule has 0 saturated heterocycles.